The summed E-state index contributed by atoms with van der Waals surface area (Å²) >= 11 is 0. The molecule has 19 heavy (non-hydrogen) atoms. The predicted octanol–water partition coefficient (Wildman–Crippen LogP) is 2.62. The quantitative estimate of drug-likeness (QED) is 0.859. The van der Waals surface area contributed by atoms with Crippen LogP contribution in [0.4, 0.5) is 0 Å². The van der Waals surface area contributed by atoms with Gasteiger partial charge in [-0.1, -0.05) is 0 Å². The lowest BCUT2D eigenvalue weighted by Gasteiger charge is -2.58. The van der Waals surface area contributed by atoms with E-state index in [2.05, 4.69) is 0 Å². The van der Waals surface area contributed by atoms with Crippen LogP contribution in [0.5, 0.6) is 0 Å². The fourth-order valence-electron chi connectivity index (χ4n) is 5.06. The topological polar surface area (TPSA) is 70.7 Å². The molecule has 0 amide bonds. The zero-order valence-corrected chi connectivity index (χ0v) is 10.7. The van der Waals surface area contributed by atoms with Gasteiger partial charge in [0.1, 0.15) is 16.9 Å². The molecule has 5 rings (SSSR count). The average Bonchev–Trinajstić information content (AvgIpc) is 2.84. The molecular formula is C15H18O4. The highest BCUT2D eigenvalue weighted by atomic mass is 16.4. The summed E-state index contributed by atoms with van der Waals surface area (Å²) in [6.45, 7) is 0. The number of aromatic carboxylic acids is 1. The van der Waals surface area contributed by atoms with Crippen molar-refractivity contribution in [3.63, 3.8) is 0 Å². The number of hydrogen-bond donors (Lipinski definition) is 2. The van der Waals surface area contributed by atoms with Crippen molar-refractivity contribution in [2.75, 3.05) is 0 Å². The Balaban J connectivity index is 1.81. The number of carboxylic acids is 1. The van der Waals surface area contributed by atoms with Crippen LogP contribution < -0.4 is 0 Å². The Morgan fingerprint density at radius 1 is 1.16 bits per heavy atom. The molecular weight excluding hydrogens is 244 g/mol. The number of furan rings is 1. The van der Waals surface area contributed by atoms with E-state index in [-0.39, 0.29) is 17.4 Å². The molecule has 0 unspecified atom stereocenters. The van der Waals surface area contributed by atoms with E-state index in [9.17, 15) is 15.0 Å². The SMILES string of the molecule is O=C(O)c1ccoc1C1(O)C2CC3CC(C2)CC1C3. The van der Waals surface area contributed by atoms with Gasteiger partial charge in [0.2, 0.25) is 0 Å². The molecule has 4 heteroatoms. The van der Waals surface area contributed by atoms with E-state index in [1.807, 2.05) is 0 Å². The maximum absolute atomic E-state index is 11.3. The van der Waals surface area contributed by atoms with Crippen LogP contribution in [0, 0.1) is 23.7 Å². The van der Waals surface area contributed by atoms with Crippen LogP contribution in [0.25, 0.3) is 0 Å². The summed E-state index contributed by atoms with van der Waals surface area (Å²) in [5.74, 6) is 1.10. The maximum Gasteiger partial charge on any atom is 0.339 e. The third-order valence-electron chi connectivity index (χ3n) is 5.64. The second-order valence-corrected chi connectivity index (χ2v) is 6.60. The summed E-state index contributed by atoms with van der Waals surface area (Å²) in [6.07, 6.45) is 6.76. The highest BCUT2D eigenvalue weighted by Gasteiger charge is 2.59. The van der Waals surface area contributed by atoms with Crippen LogP contribution >= 0.6 is 0 Å². The van der Waals surface area contributed by atoms with E-state index in [0.29, 0.717) is 5.76 Å². The highest BCUT2D eigenvalue weighted by molar-refractivity contribution is 5.89. The molecule has 2 N–H and O–H groups in total. The van der Waals surface area contributed by atoms with Crippen LogP contribution in [-0.2, 0) is 5.60 Å². The van der Waals surface area contributed by atoms with E-state index in [0.717, 1.165) is 37.5 Å². The molecule has 0 aromatic carbocycles. The molecule has 1 heterocycles. The summed E-state index contributed by atoms with van der Waals surface area (Å²) in [5, 5.41) is 20.5. The normalized spacial score (nSPS) is 43.6. The zero-order valence-electron chi connectivity index (χ0n) is 10.7. The summed E-state index contributed by atoms with van der Waals surface area (Å²) in [6, 6.07) is 1.46. The summed E-state index contributed by atoms with van der Waals surface area (Å²) in [5.41, 5.74) is -0.917. The first-order chi connectivity index (χ1) is 9.09. The summed E-state index contributed by atoms with van der Waals surface area (Å²) < 4.78 is 5.42. The Morgan fingerprint density at radius 2 is 1.74 bits per heavy atom. The van der Waals surface area contributed by atoms with Crippen molar-refractivity contribution in [3.8, 4) is 0 Å². The van der Waals surface area contributed by atoms with Crippen LogP contribution in [0.2, 0.25) is 0 Å². The van der Waals surface area contributed by atoms with Crippen molar-refractivity contribution >= 4 is 5.97 Å². The van der Waals surface area contributed by atoms with E-state index in [1.54, 1.807) is 0 Å². The minimum atomic E-state index is -1.05. The molecule has 1 aromatic heterocycles. The minimum Gasteiger partial charge on any atom is -0.478 e. The molecule has 4 aliphatic rings. The molecule has 4 nitrogen and oxygen atoms in total. The minimum absolute atomic E-state index is 0.134. The first-order valence-corrected chi connectivity index (χ1v) is 7.12. The third-order valence-corrected chi connectivity index (χ3v) is 5.64. The Kier molecular flexibility index (Phi) is 2.20. The molecule has 4 saturated carbocycles. The van der Waals surface area contributed by atoms with Crippen molar-refractivity contribution in [1.29, 1.82) is 0 Å². The summed E-state index contributed by atoms with van der Waals surface area (Å²) in [4.78, 5) is 11.3. The average molecular weight is 262 g/mol. The number of carbonyl (C=O) groups is 1. The van der Waals surface area contributed by atoms with E-state index >= 15 is 0 Å². The van der Waals surface area contributed by atoms with Gasteiger partial charge in [0, 0.05) is 0 Å². The Morgan fingerprint density at radius 3 is 2.26 bits per heavy atom. The van der Waals surface area contributed by atoms with Gasteiger partial charge in [-0.05, 0) is 61.8 Å². The van der Waals surface area contributed by atoms with Gasteiger partial charge in [-0.15, -0.1) is 0 Å². The van der Waals surface area contributed by atoms with Crippen LogP contribution in [0.15, 0.2) is 16.7 Å². The lowest BCUT2D eigenvalue weighted by molar-refractivity contribution is -0.189. The molecule has 0 aliphatic heterocycles. The van der Waals surface area contributed by atoms with Gasteiger partial charge in [0.05, 0.1) is 6.26 Å². The highest BCUT2D eigenvalue weighted by Crippen LogP contribution is 2.62. The van der Waals surface area contributed by atoms with E-state index in [1.165, 1.54) is 18.8 Å². The molecule has 4 aliphatic carbocycles. The standard InChI is InChI=1S/C15H18O4/c16-14(17)12-1-2-19-13(12)15(18)10-4-8-3-9(6-10)7-11(15)5-8/h1-2,8-11,18H,3-7H2,(H,16,17). The Labute approximate surface area is 111 Å². The van der Waals surface area contributed by atoms with Gasteiger partial charge in [0.25, 0.3) is 0 Å². The molecule has 4 bridgehead atoms. The first kappa shape index (κ1) is 11.5. The molecule has 0 atom stereocenters. The second kappa shape index (κ2) is 3.63. The fraction of sp³-hybridized carbons (Fsp3) is 0.667. The Hall–Kier alpha value is -1.29. The number of hydrogen-bond acceptors (Lipinski definition) is 3. The van der Waals surface area contributed by atoms with Crippen LogP contribution in [0.1, 0.15) is 48.2 Å². The van der Waals surface area contributed by atoms with Gasteiger partial charge >= 0.3 is 5.97 Å². The van der Waals surface area contributed by atoms with Gasteiger partial charge in [-0.3, -0.25) is 0 Å². The second-order valence-electron chi connectivity index (χ2n) is 6.60. The smallest absolute Gasteiger partial charge is 0.339 e. The van der Waals surface area contributed by atoms with E-state index < -0.39 is 11.6 Å². The lowest BCUT2D eigenvalue weighted by Crippen LogP contribution is -2.55. The molecule has 0 spiro atoms. The van der Waals surface area contributed by atoms with Gasteiger partial charge in [-0.25, -0.2) is 4.79 Å². The van der Waals surface area contributed by atoms with Crippen molar-refractivity contribution in [2.45, 2.75) is 37.7 Å². The van der Waals surface area contributed by atoms with Crippen molar-refractivity contribution in [3.05, 3.63) is 23.7 Å². The van der Waals surface area contributed by atoms with Crippen LogP contribution in [0.3, 0.4) is 0 Å². The van der Waals surface area contributed by atoms with Crippen molar-refractivity contribution in [1.82, 2.24) is 0 Å². The largest absolute Gasteiger partial charge is 0.478 e. The number of carboxylic acid groups (broad SMARTS) is 1. The molecule has 1 aromatic rings. The van der Waals surface area contributed by atoms with Crippen LogP contribution in [-0.4, -0.2) is 16.2 Å². The zero-order chi connectivity index (χ0) is 13.2. The van der Waals surface area contributed by atoms with Crippen molar-refractivity contribution < 1.29 is 19.4 Å². The lowest BCUT2D eigenvalue weighted by atomic mass is 9.49. The van der Waals surface area contributed by atoms with Crippen molar-refractivity contribution in [2.24, 2.45) is 23.7 Å². The third kappa shape index (κ3) is 1.41. The maximum atomic E-state index is 11.3. The monoisotopic (exact) mass is 262 g/mol. The Bertz CT molecular complexity index is 502. The van der Waals surface area contributed by atoms with Gasteiger partial charge in [0.15, 0.2) is 0 Å². The summed E-state index contributed by atoms with van der Waals surface area (Å²) in [7, 11) is 0. The fourth-order valence-corrected chi connectivity index (χ4v) is 5.06. The molecule has 0 radical (unpaired) electrons. The first-order valence-electron chi connectivity index (χ1n) is 7.12. The van der Waals surface area contributed by atoms with Gasteiger partial charge < -0.3 is 14.6 Å². The predicted molar refractivity (Wildman–Crippen MR) is 66.6 cm³/mol. The molecule has 102 valence electrons. The van der Waals surface area contributed by atoms with E-state index in [4.69, 9.17) is 4.42 Å². The number of aliphatic hydroxyl groups is 1. The number of rotatable bonds is 2. The molecule has 4 fully saturated rings. The van der Waals surface area contributed by atoms with Gasteiger partial charge in [-0.2, -0.15) is 0 Å². The molecule has 0 saturated heterocycles.